The second-order valence-electron chi connectivity index (χ2n) is 8.27. The van der Waals surface area contributed by atoms with Gasteiger partial charge in [0.2, 0.25) is 0 Å². The van der Waals surface area contributed by atoms with Crippen molar-refractivity contribution in [3.63, 3.8) is 0 Å². The maximum Gasteiger partial charge on any atom is 0.161 e. The zero-order valence-electron chi connectivity index (χ0n) is 18.5. The minimum Gasteiger partial charge on any atom is -0.493 e. The van der Waals surface area contributed by atoms with E-state index in [1.165, 1.54) is 25.7 Å². The van der Waals surface area contributed by atoms with Crippen molar-refractivity contribution in [3.05, 3.63) is 41.3 Å². The van der Waals surface area contributed by atoms with Crippen molar-refractivity contribution in [1.29, 1.82) is 0 Å². The van der Waals surface area contributed by atoms with Gasteiger partial charge in [0.1, 0.15) is 12.7 Å². The van der Waals surface area contributed by atoms with E-state index in [4.69, 9.17) is 14.0 Å². The van der Waals surface area contributed by atoms with E-state index >= 15 is 0 Å². The summed E-state index contributed by atoms with van der Waals surface area (Å²) in [5.41, 5.74) is 2.00. The van der Waals surface area contributed by atoms with Gasteiger partial charge in [0, 0.05) is 19.2 Å². The van der Waals surface area contributed by atoms with E-state index in [9.17, 15) is 5.11 Å². The number of β-amino-alcohol motifs (C(OH)–C–C–N with tert-alkyl or cyclic N) is 1. The number of nitrogens with zero attached hydrogens (tertiary/aromatic N) is 3. The number of benzene rings is 1. The van der Waals surface area contributed by atoms with E-state index in [1.807, 2.05) is 38.2 Å². The molecule has 2 aromatic rings. The molecule has 0 unspecified atom stereocenters. The van der Waals surface area contributed by atoms with Gasteiger partial charge in [-0.05, 0) is 57.6 Å². The Kier molecular flexibility index (Phi) is 8.54. The zero-order chi connectivity index (χ0) is 21.3. The fraction of sp³-hybridized carbons (Fsp3) is 0.609. The molecule has 166 valence electrons. The molecule has 1 atom stereocenters. The molecule has 0 spiro atoms. The molecule has 1 fully saturated rings. The average Bonchev–Trinajstić information content (AvgIpc) is 2.96. The van der Waals surface area contributed by atoms with Gasteiger partial charge >= 0.3 is 0 Å². The van der Waals surface area contributed by atoms with Gasteiger partial charge in [-0.15, -0.1) is 0 Å². The Morgan fingerprint density at radius 2 is 1.90 bits per heavy atom. The van der Waals surface area contributed by atoms with Gasteiger partial charge in [0.25, 0.3) is 0 Å². The summed E-state index contributed by atoms with van der Waals surface area (Å²) in [4.78, 5) is 4.49. The first-order chi connectivity index (χ1) is 14.5. The zero-order valence-corrected chi connectivity index (χ0v) is 18.5. The SMILES string of the molecule is COc1cc(CN(C)Cc2cc(C)no2)ccc1OC[C@@H](O)CN1CCCCCC1. The first-order valence-electron chi connectivity index (χ1n) is 10.8. The first kappa shape index (κ1) is 22.6. The Balaban J connectivity index is 1.50. The fourth-order valence-electron chi connectivity index (χ4n) is 3.91. The Hall–Kier alpha value is -2.09. The van der Waals surface area contributed by atoms with Crippen LogP contribution in [0.25, 0.3) is 0 Å². The summed E-state index contributed by atoms with van der Waals surface area (Å²) < 4.78 is 16.7. The van der Waals surface area contributed by atoms with Crippen molar-refractivity contribution >= 4 is 0 Å². The van der Waals surface area contributed by atoms with Crippen LogP contribution in [0.15, 0.2) is 28.8 Å². The largest absolute Gasteiger partial charge is 0.493 e. The number of aryl methyl sites for hydroxylation is 1. The Morgan fingerprint density at radius 1 is 1.13 bits per heavy atom. The predicted octanol–water partition coefficient (Wildman–Crippen LogP) is 3.24. The van der Waals surface area contributed by atoms with Crippen LogP contribution in [0.1, 0.15) is 42.7 Å². The van der Waals surface area contributed by atoms with Crippen LogP contribution in [-0.2, 0) is 13.1 Å². The highest BCUT2D eigenvalue weighted by molar-refractivity contribution is 5.43. The van der Waals surface area contributed by atoms with E-state index in [-0.39, 0.29) is 6.61 Å². The molecule has 3 rings (SSSR count). The summed E-state index contributed by atoms with van der Waals surface area (Å²) in [6, 6.07) is 7.88. The molecule has 1 saturated heterocycles. The Bertz CT molecular complexity index is 772. The highest BCUT2D eigenvalue weighted by Gasteiger charge is 2.16. The number of hydrogen-bond acceptors (Lipinski definition) is 7. The number of likely N-dealkylation sites (tertiary alicyclic amines) is 1. The maximum absolute atomic E-state index is 10.4. The summed E-state index contributed by atoms with van der Waals surface area (Å²) in [5, 5.41) is 14.3. The second-order valence-corrected chi connectivity index (χ2v) is 8.27. The smallest absolute Gasteiger partial charge is 0.161 e. The number of aliphatic hydroxyl groups excluding tert-OH is 1. The standard InChI is InChI=1S/C23H35N3O4/c1-18-12-21(30-24-18)16-25(2)14-19-8-9-22(23(13-19)28-3)29-17-20(27)15-26-10-6-4-5-7-11-26/h8-9,12-13,20,27H,4-7,10-11,14-17H2,1-3H3/t20-/m0/s1. The molecule has 7 heteroatoms. The maximum atomic E-state index is 10.4. The predicted molar refractivity (Wildman–Crippen MR) is 116 cm³/mol. The number of aromatic nitrogens is 1. The Labute approximate surface area is 179 Å². The van der Waals surface area contributed by atoms with E-state index in [0.29, 0.717) is 24.6 Å². The lowest BCUT2D eigenvalue weighted by Crippen LogP contribution is -2.36. The van der Waals surface area contributed by atoms with Crippen LogP contribution in [-0.4, -0.2) is 66.6 Å². The molecule has 1 aromatic heterocycles. The van der Waals surface area contributed by atoms with Gasteiger partial charge in [-0.1, -0.05) is 24.1 Å². The van der Waals surface area contributed by atoms with Crippen LogP contribution in [0.2, 0.25) is 0 Å². The summed E-state index contributed by atoms with van der Waals surface area (Å²) in [6.07, 6.45) is 4.50. The molecule has 1 aliphatic rings. The van der Waals surface area contributed by atoms with E-state index in [0.717, 1.165) is 36.7 Å². The van der Waals surface area contributed by atoms with Crippen LogP contribution < -0.4 is 9.47 Å². The van der Waals surface area contributed by atoms with E-state index in [2.05, 4.69) is 15.0 Å². The summed E-state index contributed by atoms with van der Waals surface area (Å²) in [6.45, 7) is 6.40. The molecule has 7 nitrogen and oxygen atoms in total. The molecular formula is C23H35N3O4. The van der Waals surface area contributed by atoms with Crippen LogP contribution in [0.5, 0.6) is 11.5 Å². The lowest BCUT2D eigenvalue weighted by Gasteiger charge is -2.23. The topological polar surface area (TPSA) is 71.2 Å². The van der Waals surface area contributed by atoms with Crippen molar-refractivity contribution < 1.29 is 19.1 Å². The highest BCUT2D eigenvalue weighted by atomic mass is 16.5. The third-order valence-corrected chi connectivity index (χ3v) is 5.38. The number of methoxy groups -OCH3 is 1. The summed E-state index contributed by atoms with van der Waals surface area (Å²) in [5.74, 6) is 2.18. The summed E-state index contributed by atoms with van der Waals surface area (Å²) >= 11 is 0. The van der Waals surface area contributed by atoms with E-state index in [1.54, 1.807) is 7.11 Å². The molecule has 1 N–H and O–H groups in total. The summed E-state index contributed by atoms with van der Waals surface area (Å²) in [7, 11) is 3.68. The highest BCUT2D eigenvalue weighted by Crippen LogP contribution is 2.29. The molecule has 2 heterocycles. The van der Waals surface area contributed by atoms with Gasteiger partial charge in [-0.3, -0.25) is 4.90 Å². The Morgan fingerprint density at radius 3 is 2.57 bits per heavy atom. The average molecular weight is 418 g/mol. The molecule has 0 aliphatic carbocycles. The molecule has 0 amide bonds. The second kappa shape index (κ2) is 11.3. The molecule has 30 heavy (non-hydrogen) atoms. The van der Waals surface area contributed by atoms with Gasteiger partial charge in [0.15, 0.2) is 17.3 Å². The van der Waals surface area contributed by atoms with Crippen molar-refractivity contribution in [2.45, 2.75) is 51.8 Å². The molecule has 0 saturated carbocycles. The molecule has 0 radical (unpaired) electrons. The van der Waals surface area contributed by atoms with Crippen molar-refractivity contribution in [2.75, 3.05) is 40.4 Å². The lowest BCUT2D eigenvalue weighted by atomic mass is 10.2. The van der Waals surface area contributed by atoms with Crippen molar-refractivity contribution in [3.8, 4) is 11.5 Å². The van der Waals surface area contributed by atoms with Crippen molar-refractivity contribution in [1.82, 2.24) is 15.0 Å². The van der Waals surface area contributed by atoms with Gasteiger partial charge < -0.3 is 24.0 Å². The fourth-order valence-corrected chi connectivity index (χ4v) is 3.91. The molecule has 0 bridgehead atoms. The molecule has 1 aromatic carbocycles. The van der Waals surface area contributed by atoms with Gasteiger partial charge in [0.05, 0.1) is 19.3 Å². The minimum atomic E-state index is -0.510. The monoisotopic (exact) mass is 417 g/mol. The van der Waals surface area contributed by atoms with Gasteiger partial charge in [-0.25, -0.2) is 0 Å². The number of rotatable bonds is 10. The van der Waals surface area contributed by atoms with Crippen LogP contribution >= 0.6 is 0 Å². The number of hydrogen-bond donors (Lipinski definition) is 1. The van der Waals surface area contributed by atoms with Gasteiger partial charge in [-0.2, -0.15) is 0 Å². The minimum absolute atomic E-state index is 0.261. The van der Waals surface area contributed by atoms with Crippen LogP contribution in [0.4, 0.5) is 0 Å². The number of ether oxygens (including phenoxy) is 2. The van der Waals surface area contributed by atoms with E-state index < -0.39 is 6.10 Å². The molecule has 1 aliphatic heterocycles. The quantitative estimate of drug-likeness (QED) is 0.636. The van der Waals surface area contributed by atoms with Crippen molar-refractivity contribution in [2.24, 2.45) is 0 Å². The van der Waals surface area contributed by atoms with Crippen LogP contribution in [0, 0.1) is 6.92 Å². The number of aliphatic hydroxyl groups is 1. The third kappa shape index (κ3) is 7.00. The first-order valence-corrected chi connectivity index (χ1v) is 10.8. The third-order valence-electron chi connectivity index (χ3n) is 5.38. The molecular weight excluding hydrogens is 382 g/mol. The van der Waals surface area contributed by atoms with Crippen LogP contribution in [0.3, 0.4) is 0 Å². The normalized spacial score (nSPS) is 16.4. The lowest BCUT2D eigenvalue weighted by molar-refractivity contribution is 0.0683.